The molecule has 0 saturated carbocycles. The molecule has 2 aromatic carbocycles. The lowest BCUT2D eigenvalue weighted by Crippen LogP contribution is -1.99. The molecule has 0 saturated heterocycles. The average Bonchev–Trinajstić information content (AvgIpc) is 2.92. The van der Waals surface area contributed by atoms with Crippen molar-refractivity contribution in [3.8, 4) is 5.75 Å². The molecule has 110 valence electrons. The average molecular weight is 291 g/mol. The van der Waals surface area contributed by atoms with Gasteiger partial charge in [0, 0.05) is 16.6 Å². The van der Waals surface area contributed by atoms with Gasteiger partial charge in [0.2, 0.25) is 0 Å². The monoisotopic (exact) mass is 291 g/mol. The van der Waals surface area contributed by atoms with Gasteiger partial charge in [-0.05, 0) is 36.8 Å². The van der Waals surface area contributed by atoms with E-state index in [1.54, 1.807) is 13.2 Å². The molecule has 3 rings (SSSR count). The highest BCUT2D eigenvalue weighted by Gasteiger charge is 2.15. The summed E-state index contributed by atoms with van der Waals surface area (Å²) in [5.74, 6) is 0.527. The van der Waals surface area contributed by atoms with Crippen LogP contribution >= 0.6 is 0 Å². The Kier molecular flexibility index (Phi) is 3.79. The van der Waals surface area contributed by atoms with E-state index in [2.05, 4.69) is 4.98 Å². The van der Waals surface area contributed by atoms with Crippen LogP contribution in [0.5, 0.6) is 5.75 Å². The predicted molar refractivity (Wildman–Crippen MR) is 89.4 cm³/mol. The molecule has 0 unspecified atom stereocenters. The number of aromatic nitrogens is 1. The fourth-order valence-corrected chi connectivity index (χ4v) is 2.57. The Morgan fingerprint density at radius 3 is 2.64 bits per heavy atom. The summed E-state index contributed by atoms with van der Waals surface area (Å²) in [6.45, 7) is 1.97. The smallest absolute Gasteiger partial charge is 0.190 e. The molecule has 3 aromatic rings. The number of carbonyl (C=O) groups excluding carboxylic acids is 1. The number of carbonyl (C=O) groups is 1. The topological polar surface area (TPSA) is 42.1 Å². The van der Waals surface area contributed by atoms with E-state index in [0.717, 1.165) is 22.2 Å². The minimum atomic E-state index is -0.0645. The van der Waals surface area contributed by atoms with Gasteiger partial charge < -0.3 is 9.72 Å². The molecule has 1 N–H and O–H groups in total. The molecule has 0 spiro atoms. The highest BCUT2D eigenvalue weighted by Crippen LogP contribution is 2.29. The molecule has 22 heavy (non-hydrogen) atoms. The normalized spacial score (nSPS) is 11.2. The fourth-order valence-electron chi connectivity index (χ4n) is 2.57. The number of H-pyrrole nitrogens is 1. The van der Waals surface area contributed by atoms with Crippen molar-refractivity contribution in [1.82, 2.24) is 4.98 Å². The Bertz CT molecular complexity index is 845. The van der Waals surface area contributed by atoms with E-state index in [4.69, 9.17) is 4.74 Å². The summed E-state index contributed by atoms with van der Waals surface area (Å²) >= 11 is 0. The molecule has 1 heterocycles. The van der Waals surface area contributed by atoms with Crippen LogP contribution in [-0.2, 0) is 0 Å². The third kappa shape index (κ3) is 2.66. The molecule has 0 aliphatic rings. The van der Waals surface area contributed by atoms with E-state index >= 15 is 0 Å². The van der Waals surface area contributed by atoms with Gasteiger partial charge in [-0.15, -0.1) is 0 Å². The first kappa shape index (κ1) is 14.1. The van der Waals surface area contributed by atoms with Crippen molar-refractivity contribution in [2.45, 2.75) is 6.92 Å². The van der Waals surface area contributed by atoms with Gasteiger partial charge in [-0.3, -0.25) is 4.79 Å². The van der Waals surface area contributed by atoms with Gasteiger partial charge in [-0.1, -0.05) is 36.4 Å². The standard InChI is InChI=1S/C19H17NO2/c1-13-12-15-16(20-13)9-11-18(22-2)19(15)17(21)10-8-14-6-4-3-5-7-14/h3-12,20H,1-2H3. The van der Waals surface area contributed by atoms with E-state index in [0.29, 0.717) is 11.3 Å². The summed E-state index contributed by atoms with van der Waals surface area (Å²) in [5, 5.41) is 0.888. The summed E-state index contributed by atoms with van der Waals surface area (Å²) in [5.41, 5.74) is 3.54. The van der Waals surface area contributed by atoms with Gasteiger partial charge in [0.25, 0.3) is 0 Å². The first-order chi connectivity index (χ1) is 10.7. The van der Waals surface area contributed by atoms with Crippen LogP contribution in [0, 0.1) is 6.92 Å². The third-order valence-corrected chi connectivity index (χ3v) is 3.59. The summed E-state index contributed by atoms with van der Waals surface area (Å²) in [7, 11) is 1.58. The highest BCUT2D eigenvalue weighted by molar-refractivity contribution is 6.16. The Morgan fingerprint density at radius 1 is 1.14 bits per heavy atom. The van der Waals surface area contributed by atoms with Crippen molar-refractivity contribution in [1.29, 1.82) is 0 Å². The lowest BCUT2D eigenvalue weighted by molar-refractivity contribution is 0.104. The molecular formula is C19H17NO2. The maximum Gasteiger partial charge on any atom is 0.190 e. The van der Waals surface area contributed by atoms with Crippen molar-refractivity contribution in [3.63, 3.8) is 0 Å². The van der Waals surface area contributed by atoms with Crippen molar-refractivity contribution < 1.29 is 9.53 Å². The second-order valence-electron chi connectivity index (χ2n) is 5.16. The first-order valence-corrected chi connectivity index (χ1v) is 7.13. The van der Waals surface area contributed by atoms with Gasteiger partial charge in [-0.25, -0.2) is 0 Å². The van der Waals surface area contributed by atoms with Crippen molar-refractivity contribution in [2.75, 3.05) is 7.11 Å². The minimum Gasteiger partial charge on any atom is -0.496 e. The van der Waals surface area contributed by atoms with Crippen LogP contribution in [0.25, 0.3) is 17.0 Å². The molecule has 0 radical (unpaired) electrons. The van der Waals surface area contributed by atoms with Crippen LogP contribution in [0.15, 0.2) is 54.6 Å². The summed E-state index contributed by atoms with van der Waals surface area (Å²) < 4.78 is 5.37. The number of ketones is 1. The molecule has 1 aromatic heterocycles. The molecule has 0 bridgehead atoms. The maximum atomic E-state index is 12.6. The van der Waals surface area contributed by atoms with Crippen molar-refractivity contribution >= 4 is 22.8 Å². The molecule has 0 atom stereocenters. The fraction of sp³-hybridized carbons (Fsp3) is 0.105. The van der Waals surface area contributed by atoms with E-state index < -0.39 is 0 Å². The number of allylic oxidation sites excluding steroid dienone is 1. The van der Waals surface area contributed by atoms with Gasteiger partial charge >= 0.3 is 0 Å². The second-order valence-corrected chi connectivity index (χ2v) is 5.16. The number of ether oxygens (including phenoxy) is 1. The van der Waals surface area contributed by atoms with Gasteiger partial charge in [-0.2, -0.15) is 0 Å². The van der Waals surface area contributed by atoms with E-state index in [9.17, 15) is 4.79 Å². The third-order valence-electron chi connectivity index (χ3n) is 3.59. The lowest BCUT2D eigenvalue weighted by atomic mass is 10.0. The summed E-state index contributed by atoms with van der Waals surface area (Å²) in [6, 6.07) is 15.5. The number of nitrogens with one attached hydrogen (secondary N) is 1. The Hall–Kier alpha value is -2.81. The molecular weight excluding hydrogens is 274 g/mol. The molecule has 0 aliphatic heterocycles. The SMILES string of the molecule is COc1ccc2[nH]c(C)cc2c1C(=O)C=Cc1ccccc1. The molecule has 0 aliphatic carbocycles. The number of fused-ring (bicyclic) bond motifs is 1. The van der Waals surface area contributed by atoms with E-state index in [-0.39, 0.29) is 5.78 Å². The quantitative estimate of drug-likeness (QED) is 0.572. The predicted octanol–water partition coefficient (Wildman–Crippen LogP) is 4.38. The van der Waals surface area contributed by atoms with Crippen LogP contribution in [0.3, 0.4) is 0 Å². The Labute approximate surface area is 129 Å². The van der Waals surface area contributed by atoms with Crippen molar-refractivity contribution in [3.05, 3.63) is 71.4 Å². The molecule has 3 heteroatoms. The highest BCUT2D eigenvalue weighted by atomic mass is 16.5. The number of aryl methyl sites for hydroxylation is 1. The zero-order valence-corrected chi connectivity index (χ0v) is 12.6. The molecule has 3 nitrogen and oxygen atoms in total. The van der Waals surface area contributed by atoms with Crippen LogP contribution in [0.2, 0.25) is 0 Å². The zero-order chi connectivity index (χ0) is 15.5. The summed E-state index contributed by atoms with van der Waals surface area (Å²) in [6.07, 6.45) is 3.41. The maximum absolute atomic E-state index is 12.6. The van der Waals surface area contributed by atoms with Crippen LogP contribution in [-0.4, -0.2) is 17.9 Å². The van der Waals surface area contributed by atoms with Gasteiger partial charge in [0.15, 0.2) is 5.78 Å². The zero-order valence-electron chi connectivity index (χ0n) is 12.6. The Balaban J connectivity index is 2.04. The molecule has 0 fully saturated rings. The summed E-state index contributed by atoms with van der Waals surface area (Å²) in [4.78, 5) is 15.9. The number of methoxy groups -OCH3 is 1. The number of benzene rings is 2. The number of hydrogen-bond donors (Lipinski definition) is 1. The minimum absolute atomic E-state index is 0.0645. The van der Waals surface area contributed by atoms with Crippen LogP contribution < -0.4 is 4.74 Å². The second kappa shape index (κ2) is 5.90. The lowest BCUT2D eigenvalue weighted by Gasteiger charge is -2.07. The van der Waals surface area contributed by atoms with Crippen LogP contribution in [0.1, 0.15) is 21.6 Å². The molecule has 0 amide bonds. The number of rotatable bonds is 4. The van der Waals surface area contributed by atoms with Crippen LogP contribution in [0.4, 0.5) is 0 Å². The largest absolute Gasteiger partial charge is 0.496 e. The van der Waals surface area contributed by atoms with E-state index in [1.807, 2.05) is 61.5 Å². The van der Waals surface area contributed by atoms with Crippen molar-refractivity contribution in [2.24, 2.45) is 0 Å². The van der Waals surface area contributed by atoms with Gasteiger partial charge in [0.05, 0.1) is 12.7 Å². The first-order valence-electron chi connectivity index (χ1n) is 7.13. The van der Waals surface area contributed by atoms with Gasteiger partial charge in [0.1, 0.15) is 5.75 Å². The number of aromatic amines is 1. The number of hydrogen-bond acceptors (Lipinski definition) is 2. The van der Waals surface area contributed by atoms with E-state index in [1.165, 1.54) is 0 Å². The Morgan fingerprint density at radius 2 is 1.91 bits per heavy atom.